The third-order valence-corrected chi connectivity index (χ3v) is 3.40. The molecule has 0 saturated carbocycles. The number of para-hydroxylation sites is 1. The van der Waals surface area contributed by atoms with Crippen LogP contribution in [0.1, 0.15) is 42.1 Å². The Morgan fingerprint density at radius 3 is 2.65 bits per heavy atom. The monoisotopic (exact) mass is 270 g/mol. The Hall–Kier alpha value is -2.36. The van der Waals surface area contributed by atoms with Crippen molar-refractivity contribution in [3.8, 4) is 0 Å². The lowest BCUT2D eigenvalue weighted by atomic mass is 9.97. The first-order valence-corrected chi connectivity index (χ1v) is 6.71. The van der Waals surface area contributed by atoms with Gasteiger partial charge in [-0.3, -0.25) is 9.59 Å². The maximum absolute atomic E-state index is 12.2. The molecule has 0 aliphatic carbocycles. The molecule has 1 unspecified atom stereocenters. The molecule has 4 heteroatoms. The summed E-state index contributed by atoms with van der Waals surface area (Å²) in [5, 5.41) is 2.90. The van der Waals surface area contributed by atoms with E-state index in [1.54, 1.807) is 0 Å². The van der Waals surface area contributed by atoms with Gasteiger partial charge in [0, 0.05) is 18.0 Å². The highest BCUT2D eigenvalue weighted by atomic mass is 16.1. The Balaban J connectivity index is 2.24. The SMILES string of the molecule is CCC(C)c1ccccc1NC(=O)c1ccc(=O)[nH]c1. The van der Waals surface area contributed by atoms with Gasteiger partial charge in [0.05, 0.1) is 5.56 Å². The van der Waals surface area contributed by atoms with Crippen molar-refractivity contribution in [2.24, 2.45) is 0 Å². The van der Waals surface area contributed by atoms with Gasteiger partial charge in [0.15, 0.2) is 0 Å². The molecule has 1 aromatic heterocycles. The van der Waals surface area contributed by atoms with Crippen molar-refractivity contribution < 1.29 is 4.79 Å². The van der Waals surface area contributed by atoms with Crippen molar-refractivity contribution >= 4 is 11.6 Å². The van der Waals surface area contributed by atoms with Crippen molar-refractivity contribution in [1.29, 1.82) is 0 Å². The Bertz CT molecular complexity index is 641. The van der Waals surface area contributed by atoms with Crippen LogP contribution in [0.5, 0.6) is 0 Å². The molecular weight excluding hydrogens is 252 g/mol. The lowest BCUT2D eigenvalue weighted by molar-refractivity contribution is 0.102. The predicted octanol–water partition coefficient (Wildman–Crippen LogP) is 3.14. The second-order valence-corrected chi connectivity index (χ2v) is 4.79. The molecule has 0 aliphatic rings. The van der Waals surface area contributed by atoms with Gasteiger partial charge in [-0.2, -0.15) is 0 Å². The summed E-state index contributed by atoms with van der Waals surface area (Å²) in [5.41, 5.74) is 2.15. The molecule has 20 heavy (non-hydrogen) atoms. The second-order valence-electron chi connectivity index (χ2n) is 4.79. The number of hydrogen-bond acceptors (Lipinski definition) is 2. The Kier molecular flexibility index (Phi) is 4.35. The molecule has 0 fully saturated rings. The van der Waals surface area contributed by atoms with Crippen molar-refractivity contribution in [3.05, 3.63) is 64.1 Å². The Morgan fingerprint density at radius 1 is 1.25 bits per heavy atom. The number of aromatic amines is 1. The average molecular weight is 270 g/mol. The summed E-state index contributed by atoms with van der Waals surface area (Å²) in [6.45, 7) is 4.25. The van der Waals surface area contributed by atoms with Crippen molar-refractivity contribution in [3.63, 3.8) is 0 Å². The van der Waals surface area contributed by atoms with Crippen molar-refractivity contribution in [1.82, 2.24) is 4.98 Å². The van der Waals surface area contributed by atoms with E-state index in [2.05, 4.69) is 24.1 Å². The van der Waals surface area contributed by atoms with Gasteiger partial charge >= 0.3 is 0 Å². The molecule has 2 rings (SSSR count). The van der Waals surface area contributed by atoms with E-state index in [1.807, 2.05) is 24.3 Å². The van der Waals surface area contributed by atoms with E-state index in [4.69, 9.17) is 0 Å². The van der Waals surface area contributed by atoms with Gasteiger partial charge in [-0.1, -0.05) is 32.0 Å². The van der Waals surface area contributed by atoms with Gasteiger partial charge in [-0.05, 0) is 30.0 Å². The molecule has 0 bridgehead atoms. The van der Waals surface area contributed by atoms with Gasteiger partial charge in [-0.15, -0.1) is 0 Å². The zero-order valence-electron chi connectivity index (χ0n) is 11.6. The van der Waals surface area contributed by atoms with Gasteiger partial charge in [0.1, 0.15) is 0 Å². The van der Waals surface area contributed by atoms with Crippen LogP contribution in [0.15, 0.2) is 47.4 Å². The number of pyridine rings is 1. The number of H-pyrrole nitrogens is 1. The molecule has 0 radical (unpaired) electrons. The van der Waals surface area contributed by atoms with Gasteiger partial charge in [0.25, 0.3) is 5.91 Å². The molecule has 0 spiro atoms. The highest BCUT2D eigenvalue weighted by Gasteiger charge is 2.12. The van der Waals surface area contributed by atoms with E-state index in [0.717, 1.165) is 17.7 Å². The van der Waals surface area contributed by atoms with E-state index in [0.29, 0.717) is 11.5 Å². The number of amides is 1. The highest BCUT2D eigenvalue weighted by molar-refractivity contribution is 6.04. The van der Waals surface area contributed by atoms with Crippen LogP contribution in [0.2, 0.25) is 0 Å². The van der Waals surface area contributed by atoms with Crippen LogP contribution >= 0.6 is 0 Å². The fourth-order valence-corrected chi connectivity index (χ4v) is 2.01. The van der Waals surface area contributed by atoms with Crippen molar-refractivity contribution in [2.75, 3.05) is 5.32 Å². The molecule has 4 nitrogen and oxygen atoms in total. The third kappa shape index (κ3) is 3.15. The zero-order valence-corrected chi connectivity index (χ0v) is 11.6. The van der Waals surface area contributed by atoms with E-state index in [-0.39, 0.29) is 11.5 Å². The van der Waals surface area contributed by atoms with E-state index in [1.165, 1.54) is 18.3 Å². The number of nitrogens with one attached hydrogen (secondary N) is 2. The summed E-state index contributed by atoms with van der Waals surface area (Å²) in [4.78, 5) is 25.7. The number of benzene rings is 1. The lowest BCUT2D eigenvalue weighted by Crippen LogP contribution is -2.16. The number of hydrogen-bond donors (Lipinski definition) is 2. The summed E-state index contributed by atoms with van der Waals surface area (Å²) in [5.74, 6) is 0.152. The first-order valence-electron chi connectivity index (χ1n) is 6.71. The molecule has 1 amide bonds. The molecule has 0 saturated heterocycles. The summed E-state index contributed by atoms with van der Waals surface area (Å²) >= 11 is 0. The quantitative estimate of drug-likeness (QED) is 0.896. The molecule has 1 aromatic carbocycles. The maximum Gasteiger partial charge on any atom is 0.257 e. The molecule has 2 aromatic rings. The number of aromatic nitrogens is 1. The van der Waals surface area contributed by atoms with Crippen LogP contribution in [0.4, 0.5) is 5.69 Å². The largest absolute Gasteiger partial charge is 0.328 e. The molecular formula is C16H18N2O2. The van der Waals surface area contributed by atoms with Crippen LogP contribution in [0.25, 0.3) is 0 Å². The zero-order chi connectivity index (χ0) is 14.5. The van der Waals surface area contributed by atoms with Crippen LogP contribution in [-0.2, 0) is 0 Å². The number of rotatable bonds is 4. The first kappa shape index (κ1) is 14.1. The van der Waals surface area contributed by atoms with Gasteiger partial charge in [0.2, 0.25) is 5.56 Å². The molecule has 2 N–H and O–H groups in total. The van der Waals surface area contributed by atoms with E-state index >= 15 is 0 Å². The summed E-state index contributed by atoms with van der Waals surface area (Å²) in [6.07, 6.45) is 2.43. The Labute approximate surface area is 117 Å². The van der Waals surface area contributed by atoms with E-state index in [9.17, 15) is 9.59 Å². The molecule has 1 atom stereocenters. The van der Waals surface area contributed by atoms with Gasteiger partial charge in [-0.25, -0.2) is 0 Å². The van der Waals surface area contributed by atoms with Crippen LogP contribution in [-0.4, -0.2) is 10.9 Å². The lowest BCUT2D eigenvalue weighted by Gasteiger charge is -2.15. The summed E-state index contributed by atoms with van der Waals surface area (Å²) < 4.78 is 0. The molecule has 1 heterocycles. The number of carbonyl (C=O) groups excluding carboxylic acids is 1. The van der Waals surface area contributed by atoms with Gasteiger partial charge < -0.3 is 10.3 Å². The van der Waals surface area contributed by atoms with Crippen LogP contribution in [0.3, 0.4) is 0 Å². The normalized spacial score (nSPS) is 11.9. The standard InChI is InChI=1S/C16H18N2O2/c1-3-11(2)13-6-4-5-7-14(13)18-16(20)12-8-9-15(19)17-10-12/h4-11H,3H2,1-2H3,(H,17,19)(H,18,20). The minimum atomic E-state index is -0.225. The number of carbonyl (C=O) groups is 1. The predicted molar refractivity (Wildman–Crippen MR) is 80.2 cm³/mol. The van der Waals surface area contributed by atoms with Crippen LogP contribution < -0.4 is 10.9 Å². The second kappa shape index (κ2) is 6.19. The topological polar surface area (TPSA) is 62.0 Å². The minimum Gasteiger partial charge on any atom is -0.328 e. The van der Waals surface area contributed by atoms with Crippen molar-refractivity contribution in [2.45, 2.75) is 26.2 Å². The van der Waals surface area contributed by atoms with E-state index < -0.39 is 0 Å². The maximum atomic E-state index is 12.2. The summed E-state index contributed by atoms with van der Waals surface area (Å²) in [7, 11) is 0. The fraction of sp³-hybridized carbons (Fsp3) is 0.250. The molecule has 0 aliphatic heterocycles. The fourth-order valence-electron chi connectivity index (χ4n) is 2.01. The smallest absolute Gasteiger partial charge is 0.257 e. The Morgan fingerprint density at radius 2 is 2.00 bits per heavy atom. The molecule has 104 valence electrons. The average Bonchev–Trinajstić information content (AvgIpc) is 2.47. The number of anilines is 1. The van der Waals surface area contributed by atoms with Crippen LogP contribution in [0, 0.1) is 0 Å². The minimum absolute atomic E-state index is 0.221. The summed E-state index contributed by atoms with van der Waals surface area (Å²) in [6, 6.07) is 10.6. The highest BCUT2D eigenvalue weighted by Crippen LogP contribution is 2.26. The first-order chi connectivity index (χ1) is 9.61. The third-order valence-electron chi connectivity index (χ3n) is 3.40.